The zero-order chi connectivity index (χ0) is 11.6. The standard InChI is InChI=1S/C14H29NO/c1-3-8-13(15-2)9-5-4-6-10-14-11-7-12-16-14/h13-15H,3-12H2,1-2H3. The fourth-order valence-electron chi connectivity index (χ4n) is 2.59. The molecule has 0 radical (unpaired) electrons. The number of rotatable bonds is 9. The van der Waals surface area contributed by atoms with Crippen LogP contribution in [-0.4, -0.2) is 25.8 Å². The van der Waals surface area contributed by atoms with Crippen LogP contribution in [0.15, 0.2) is 0 Å². The van der Waals surface area contributed by atoms with E-state index < -0.39 is 0 Å². The van der Waals surface area contributed by atoms with Crippen LogP contribution < -0.4 is 5.32 Å². The van der Waals surface area contributed by atoms with Gasteiger partial charge in [-0.15, -0.1) is 0 Å². The molecule has 1 heterocycles. The summed E-state index contributed by atoms with van der Waals surface area (Å²) in [5.41, 5.74) is 0. The number of unbranched alkanes of at least 4 members (excludes halogenated alkanes) is 2. The van der Waals surface area contributed by atoms with Crippen molar-refractivity contribution in [3.63, 3.8) is 0 Å². The molecule has 2 heteroatoms. The third-order valence-corrected chi connectivity index (χ3v) is 3.65. The summed E-state index contributed by atoms with van der Waals surface area (Å²) in [6.07, 6.45) is 12.5. The summed E-state index contributed by atoms with van der Waals surface area (Å²) in [7, 11) is 2.09. The fraction of sp³-hybridized carbons (Fsp3) is 1.00. The van der Waals surface area contributed by atoms with Crippen molar-refractivity contribution in [1.82, 2.24) is 5.32 Å². The average Bonchev–Trinajstić information content (AvgIpc) is 2.80. The van der Waals surface area contributed by atoms with Gasteiger partial charge in [-0.2, -0.15) is 0 Å². The number of nitrogens with one attached hydrogen (secondary N) is 1. The van der Waals surface area contributed by atoms with Crippen molar-refractivity contribution >= 4 is 0 Å². The van der Waals surface area contributed by atoms with Gasteiger partial charge in [-0.1, -0.05) is 32.6 Å². The first-order valence-corrected chi connectivity index (χ1v) is 7.15. The molecule has 1 aliphatic rings. The first-order chi connectivity index (χ1) is 7.86. The van der Waals surface area contributed by atoms with Gasteiger partial charge in [0.05, 0.1) is 6.10 Å². The summed E-state index contributed by atoms with van der Waals surface area (Å²) >= 11 is 0. The van der Waals surface area contributed by atoms with Crippen molar-refractivity contribution in [2.24, 2.45) is 0 Å². The molecular weight excluding hydrogens is 198 g/mol. The highest BCUT2D eigenvalue weighted by molar-refractivity contribution is 4.66. The molecule has 0 aromatic rings. The van der Waals surface area contributed by atoms with E-state index in [2.05, 4.69) is 19.3 Å². The Morgan fingerprint density at radius 3 is 2.75 bits per heavy atom. The van der Waals surface area contributed by atoms with Crippen molar-refractivity contribution in [3.8, 4) is 0 Å². The number of hydrogen-bond donors (Lipinski definition) is 1. The van der Waals surface area contributed by atoms with E-state index in [1.807, 2.05) is 0 Å². The minimum Gasteiger partial charge on any atom is -0.378 e. The van der Waals surface area contributed by atoms with Crippen LogP contribution >= 0.6 is 0 Å². The Balaban J connectivity index is 1.89. The monoisotopic (exact) mass is 227 g/mol. The normalized spacial score (nSPS) is 22.5. The molecule has 96 valence electrons. The van der Waals surface area contributed by atoms with E-state index >= 15 is 0 Å². The first-order valence-electron chi connectivity index (χ1n) is 7.15. The van der Waals surface area contributed by atoms with Gasteiger partial charge in [-0.05, 0) is 39.2 Å². The van der Waals surface area contributed by atoms with E-state index in [0.717, 1.165) is 12.6 Å². The van der Waals surface area contributed by atoms with Crippen LogP contribution in [0.25, 0.3) is 0 Å². The SMILES string of the molecule is CCCC(CCCCCC1CCCO1)NC. The summed E-state index contributed by atoms with van der Waals surface area (Å²) in [6, 6.07) is 0.743. The molecule has 0 amide bonds. The van der Waals surface area contributed by atoms with Crippen LogP contribution in [0.1, 0.15) is 64.7 Å². The molecule has 16 heavy (non-hydrogen) atoms. The van der Waals surface area contributed by atoms with Gasteiger partial charge < -0.3 is 10.1 Å². The zero-order valence-electron chi connectivity index (χ0n) is 11.1. The second-order valence-electron chi connectivity index (χ2n) is 5.05. The molecule has 0 saturated carbocycles. The predicted octanol–water partition coefficient (Wildman–Crippen LogP) is 3.50. The van der Waals surface area contributed by atoms with Crippen LogP contribution in [-0.2, 0) is 4.74 Å². The fourth-order valence-corrected chi connectivity index (χ4v) is 2.59. The Labute approximate surface area is 101 Å². The predicted molar refractivity (Wildman–Crippen MR) is 69.8 cm³/mol. The van der Waals surface area contributed by atoms with Gasteiger partial charge >= 0.3 is 0 Å². The second kappa shape index (κ2) is 9.00. The van der Waals surface area contributed by atoms with Crippen molar-refractivity contribution < 1.29 is 4.74 Å². The van der Waals surface area contributed by atoms with Crippen LogP contribution in [0.4, 0.5) is 0 Å². The molecule has 1 N–H and O–H groups in total. The lowest BCUT2D eigenvalue weighted by Crippen LogP contribution is -2.24. The lowest BCUT2D eigenvalue weighted by atomic mass is 10.0. The van der Waals surface area contributed by atoms with E-state index in [4.69, 9.17) is 4.74 Å². The van der Waals surface area contributed by atoms with E-state index in [-0.39, 0.29) is 0 Å². The number of hydrogen-bond acceptors (Lipinski definition) is 2. The highest BCUT2D eigenvalue weighted by atomic mass is 16.5. The molecule has 0 aromatic carbocycles. The molecule has 0 spiro atoms. The van der Waals surface area contributed by atoms with Crippen molar-refractivity contribution in [1.29, 1.82) is 0 Å². The van der Waals surface area contributed by atoms with Gasteiger partial charge in [-0.3, -0.25) is 0 Å². The molecule has 1 rings (SSSR count). The first kappa shape index (κ1) is 14.0. The Bertz CT molecular complexity index is 155. The number of ether oxygens (including phenoxy) is 1. The van der Waals surface area contributed by atoms with E-state index in [1.165, 1.54) is 57.8 Å². The molecule has 1 aliphatic heterocycles. The van der Waals surface area contributed by atoms with Gasteiger partial charge in [-0.25, -0.2) is 0 Å². The largest absolute Gasteiger partial charge is 0.378 e. The molecule has 1 saturated heterocycles. The van der Waals surface area contributed by atoms with E-state index in [9.17, 15) is 0 Å². The lowest BCUT2D eigenvalue weighted by Gasteiger charge is -2.15. The molecule has 1 fully saturated rings. The molecular formula is C14H29NO. The maximum Gasteiger partial charge on any atom is 0.0576 e. The second-order valence-corrected chi connectivity index (χ2v) is 5.05. The zero-order valence-corrected chi connectivity index (χ0v) is 11.1. The topological polar surface area (TPSA) is 21.3 Å². The van der Waals surface area contributed by atoms with Crippen LogP contribution in [0, 0.1) is 0 Å². The summed E-state index contributed by atoms with van der Waals surface area (Å²) in [4.78, 5) is 0. The molecule has 0 bridgehead atoms. The molecule has 0 aliphatic carbocycles. The highest BCUT2D eigenvalue weighted by Crippen LogP contribution is 2.18. The van der Waals surface area contributed by atoms with Gasteiger partial charge in [0.2, 0.25) is 0 Å². The van der Waals surface area contributed by atoms with Crippen molar-refractivity contribution in [2.75, 3.05) is 13.7 Å². The van der Waals surface area contributed by atoms with Gasteiger partial charge in [0.15, 0.2) is 0 Å². The quantitative estimate of drug-likeness (QED) is 0.609. The molecule has 2 nitrogen and oxygen atoms in total. The molecule has 2 unspecified atom stereocenters. The maximum absolute atomic E-state index is 5.63. The minimum atomic E-state index is 0.593. The van der Waals surface area contributed by atoms with Crippen LogP contribution in [0.3, 0.4) is 0 Å². The maximum atomic E-state index is 5.63. The Kier molecular flexibility index (Phi) is 7.87. The third kappa shape index (κ3) is 5.86. The van der Waals surface area contributed by atoms with Crippen LogP contribution in [0.5, 0.6) is 0 Å². The summed E-state index contributed by atoms with van der Waals surface area (Å²) in [5.74, 6) is 0. The lowest BCUT2D eigenvalue weighted by molar-refractivity contribution is 0.102. The van der Waals surface area contributed by atoms with Crippen LogP contribution in [0.2, 0.25) is 0 Å². The summed E-state index contributed by atoms with van der Waals surface area (Å²) in [6.45, 7) is 3.27. The van der Waals surface area contributed by atoms with Gasteiger partial charge in [0.25, 0.3) is 0 Å². The van der Waals surface area contributed by atoms with Gasteiger partial charge in [0.1, 0.15) is 0 Å². The van der Waals surface area contributed by atoms with Crippen molar-refractivity contribution in [3.05, 3.63) is 0 Å². The Hall–Kier alpha value is -0.0800. The minimum absolute atomic E-state index is 0.593. The van der Waals surface area contributed by atoms with Crippen molar-refractivity contribution in [2.45, 2.75) is 76.9 Å². The molecule has 0 aromatic heterocycles. The van der Waals surface area contributed by atoms with Gasteiger partial charge in [0, 0.05) is 12.6 Å². The Morgan fingerprint density at radius 1 is 1.25 bits per heavy atom. The smallest absolute Gasteiger partial charge is 0.0576 e. The molecule has 2 atom stereocenters. The average molecular weight is 227 g/mol. The highest BCUT2D eigenvalue weighted by Gasteiger charge is 2.14. The van der Waals surface area contributed by atoms with E-state index in [0.29, 0.717) is 6.10 Å². The third-order valence-electron chi connectivity index (χ3n) is 3.65. The summed E-state index contributed by atoms with van der Waals surface area (Å²) < 4.78 is 5.63. The van der Waals surface area contributed by atoms with E-state index in [1.54, 1.807) is 0 Å². The Morgan fingerprint density at radius 2 is 2.12 bits per heavy atom. The summed E-state index contributed by atoms with van der Waals surface area (Å²) in [5, 5.41) is 3.41.